The second-order valence-electron chi connectivity index (χ2n) is 2.59. The van der Waals surface area contributed by atoms with E-state index in [1.807, 2.05) is 0 Å². The summed E-state index contributed by atoms with van der Waals surface area (Å²) in [6.07, 6.45) is 0. The first kappa shape index (κ1) is 10.9. The van der Waals surface area contributed by atoms with E-state index in [9.17, 15) is 12.8 Å². The third-order valence-electron chi connectivity index (χ3n) is 1.57. The number of hydrogen-bond donors (Lipinski definition) is 2. The van der Waals surface area contributed by atoms with Gasteiger partial charge in [0.05, 0.1) is 0 Å². The van der Waals surface area contributed by atoms with Gasteiger partial charge in [-0.3, -0.25) is 0 Å². The number of phenols is 1. The Hall–Kier alpha value is -1.14. The normalized spacial score (nSPS) is 11.6. The first-order chi connectivity index (χ1) is 6.49. The Morgan fingerprint density at radius 1 is 1.50 bits per heavy atom. The molecule has 0 unspecified atom stereocenters. The van der Waals surface area contributed by atoms with Crippen LogP contribution in [0, 0.1) is 5.82 Å². The molecule has 6 heteroatoms. The van der Waals surface area contributed by atoms with Gasteiger partial charge >= 0.3 is 0 Å². The SMILES string of the molecule is CCNS(=O)(=O)c1cccc(O)c1F. The van der Waals surface area contributed by atoms with Crippen molar-refractivity contribution >= 4 is 10.0 Å². The quantitative estimate of drug-likeness (QED) is 0.791. The van der Waals surface area contributed by atoms with Gasteiger partial charge in [0.25, 0.3) is 0 Å². The molecule has 78 valence electrons. The zero-order valence-electron chi connectivity index (χ0n) is 7.49. The fourth-order valence-corrected chi connectivity index (χ4v) is 2.11. The van der Waals surface area contributed by atoms with E-state index in [1.165, 1.54) is 6.07 Å². The molecule has 0 spiro atoms. The third kappa shape index (κ3) is 2.02. The van der Waals surface area contributed by atoms with Crippen molar-refractivity contribution in [3.05, 3.63) is 24.0 Å². The Kier molecular flexibility index (Phi) is 3.07. The van der Waals surface area contributed by atoms with Crippen LogP contribution in [0.15, 0.2) is 23.1 Å². The number of benzene rings is 1. The molecule has 1 aromatic rings. The molecule has 1 rings (SSSR count). The van der Waals surface area contributed by atoms with Crippen molar-refractivity contribution in [1.82, 2.24) is 4.72 Å². The Labute approximate surface area is 81.4 Å². The zero-order chi connectivity index (χ0) is 10.8. The highest BCUT2D eigenvalue weighted by Gasteiger charge is 2.19. The second kappa shape index (κ2) is 3.93. The zero-order valence-corrected chi connectivity index (χ0v) is 8.31. The van der Waals surface area contributed by atoms with E-state index >= 15 is 0 Å². The fourth-order valence-electron chi connectivity index (χ4n) is 0.975. The molecule has 0 fully saturated rings. The van der Waals surface area contributed by atoms with E-state index in [4.69, 9.17) is 5.11 Å². The van der Waals surface area contributed by atoms with Gasteiger partial charge in [0.1, 0.15) is 4.90 Å². The summed E-state index contributed by atoms with van der Waals surface area (Å²) in [5.41, 5.74) is 0. The molecule has 0 radical (unpaired) electrons. The summed E-state index contributed by atoms with van der Waals surface area (Å²) in [4.78, 5) is -0.542. The number of phenolic OH excluding ortho intramolecular Hbond substituents is 1. The minimum atomic E-state index is -3.85. The molecule has 0 aliphatic rings. The minimum absolute atomic E-state index is 0.164. The summed E-state index contributed by atoms with van der Waals surface area (Å²) in [7, 11) is -3.85. The summed E-state index contributed by atoms with van der Waals surface area (Å²) >= 11 is 0. The summed E-state index contributed by atoms with van der Waals surface area (Å²) < 4.78 is 38.0. The van der Waals surface area contributed by atoms with Crippen LogP contribution in [0.1, 0.15) is 6.92 Å². The predicted molar refractivity (Wildman–Crippen MR) is 48.9 cm³/mol. The van der Waals surface area contributed by atoms with E-state index in [1.54, 1.807) is 6.92 Å². The largest absolute Gasteiger partial charge is 0.505 e. The minimum Gasteiger partial charge on any atom is -0.505 e. The highest BCUT2D eigenvalue weighted by atomic mass is 32.2. The molecule has 1 aromatic carbocycles. The van der Waals surface area contributed by atoms with Gasteiger partial charge in [-0.1, -0.05) is 13.0 Å². The van der Waals surface area contributed by atoms with Crippen molar-refractivity contribution in [2.24, 2.45) is 0 Å². The fraction of sp³-hybridized carbons (Fsp3) is 0.250. The van der Waals surface area contributed by atoms with Crippen molar-refractivity contribution in [2.75, 3.05) is 6.54 Å². The predicted octanol–water partition coefficient (Wildman–Crippen LogP) is 0.829. The van der Waals surface area contributed by atoms with Crippen molar-refractivity contribution in [3.8, 4) is 5.75 Å². The van der Waals surface area contributed by atoms with Crippen LogP contribution in [0.4, 0.5) is 4.39 Å². The molecule has 2 N–H and O–H groups in total. The maximum atomic E-state index is 13.2. The van der Waals surface area contributed by atoms with Gasteiger partial charge in [-0.25, -0.2) is 17.5 Å². The van der Waals surface area contributed by atoms with Crippen LogP contribution >= 0.6 is 0 Å². The smallest absolute Gasteiger partial charge is 0.243 e. The molecule has 0 saturated carbocycles. The molecule has 0 atom stereocenters. The van der Waals surface area contributed by atoms with Gasteiger partial charge in [0.2, 0.25) is 10.0 Å². The van der Waals surface area contributed by atoms with E-state index in [0.717, 1.165) is 12.1 Å². The molecule has 4 nitrogen and oxygen atoms in total. The first-order valence-electron chi connectivity index (χ1n) is 3.96. The molecule has 0 aliphatic heterocycles. The van der Waals surface area contributed by atoms with Gasteiger partial charge in [-0.15, -0.1) is 0 Å². The van der Waals surface area contributed by atoms with Crippen molar-refractivity contribution < 1.29 is 17.9 Å². The Morgan fingerprint density at radius 2 is 2.14 bits per heavy atom. The lowest BCUT2D eigenvalue weighted by molar-refractivity contribution is 0.422. The molecule has 0 bridgehead atoms. The number of sulfonamides is 1. The van der Waals surface area contributed by atoms with E-state index in [0.29, 0.717) is 0 Å². The molecule has 0 saturated heterocycles. The van der Waals surface area contributed by atoms with E-state index in [2.05, 4.69) is 4.72 Å². The molecular formula is C8H10FNO3S. The average Bonchev–Trinajstić information content (AvgIpc) is 2.09. The summed E-state index contributed by atoms with van der Waals surface area (Å²) in [6, 6.07) is 3.44. The number of halogens is 1. The van der Waals surface area contributed by atoms with Crippen LogP contribution in [-0.4, -0.2) is 20.1 Å². The van der Waals surface area contributed by atoms with Crippen LogP contribution in [0.5, 0.6) is 5.75 Å². The van der Waals surface area contributed by atoms with Gasteiger partial charge < -0.3 is 5.11 Å². The molecule has 14 heavy (non-hydrogen) atoms. The lowest BCUT2D eigenvalue weighted by atomic mass is 10.3. The third-order valence-corrected chi connectivity index (χ3v) is 3.13. The Morgan fingerprint density at radius 3 is 2.71 bits per heavy atom. The number of nitrogens with one attached hydrogen (secondary N) is 1. The topological polar surface area (TPSA) is 66.4 Å². The van der Waals surface area contributed by atoms with Crippen molar-refractivity contribution in [1.29, 1.82) is 0 Å². The second-order valence-corrected chi connectivity index (χ2v) is 4.33. The van der Waals surface area contributed by atoms with Gasteiger partial charge in [-0.05, 0) is 12.1 Å². The summed E-state index contributed by atoms with van der Waals surface area (Å²) in [5, 5.41) is 8.96. The van der Waals surface area contributed by atoms with E-state index in [-0.39, 0.29) is 6.54 Å². The lowest BCUT2D eigenvalue weighted by Gasteiger charge is -2.05. The monoisotopic (exact) mass is 219 g/mol. The maximum absolute atomic E-state index is 13.2. The molecule has 0 aromatic heterocycles. The van der Waals surface area contributed by atoms with Gasteiger partial charge in [0.15, 0.2) is 11.6 Å². The van der Waals surface area contributed by atoms with Crippen molar-refractivity contribution in [2.45, 2.75) is 11.8 Å². The maximum Gasteiger partial charge on any atom is 0.243 e. The van der Waals surface area contributed by atoms with E-state index < -0.39 is 26.5 Å². The van der Waals surface area contributed by atoms with Crippen molar-refractivity contribution in [3.63, 3.8) is 0 Å². The van der Waals surface area contributed by atoms with Gasteiger partial charge in [-0.2, -0.15) is 0 Å². The molecular weight excluding hydrogens is 209 g/mol. The standard InChI is InChI=1S/C8H10FNO3S/c1-2-10-14(12,13)7-5-3-4-6(11)8(7)9/h3-5,10-11H,2H2,1H3. The van der Waals surface area contributed by atoms with Gasteiger partial charge in [0, 0.05) is 6.54 Å². The molecule has 0 aliphatic carbocycles. The van der Waals surface area contributed by atoms with Crippen LogP contribution in [0.2, 0.25) is 0 Å². The Bertz CT molecular complexity index is 430. The summed E-state index contributed by atoms with van der Waals surface area (Å²) in [6.45, 7) is 1.75. The highest BCUT2D eigenvalue weighted by molar-refractivity contribution is 7.89. The lowest BCUT2D eigenvalue weighted by Crippen LogP contribution is -2.24. The average molecular weight is 219 g/mol. The van der Waals surface area contributed by atoms with Crippen LogP contribution in [0.3, 0.4) is 0 Å². The van der Waals surface area contributed by atoms with Crippen LogP contribution in [0.25, 0.3) is 0 Å². The highest BCUT2D eigenvalue weighted by Crippen LogP contribution is 2.22. The number of rotatable bonds is 3. The van der Waals surface area contributed by atoms with Crippen LogP contribution in [-0.2, 0) is 10.0 Å². The Balaban J connectivity index is 3.27. The number of aromatic hydroxyl groups is 1. The molecule has 0 amide bonds. The van der Waals surface area contributed by atoms with Crippen LogP contribution < -0.4 is 4.72 Å². The number of hydrogen-bond acceptors (Lipinski definition) is 3. The molecule has 0 heterocycles. The first-order valence-corrected chi connectivity index (χ1v) is 5.44. The summed E-state index contributed by atoms with van der Waals surface area (Å²) in [5.74, 6) is -1.81.